The van der Waals surface area contributed by atoms with Gasteiger partial charge in [-0.15, -0.1) is 4.80 Å². The lowest BCUT2D eigenvalue weighted by Gasteiger charge is -1.96. The van der Waals surface area contributed by atoms with E-state index in [1.165, 1.54) is 0 Å². The third kappa shape index (κ3) is 2.64. The van der Waals surface area contributed by atoms with Crippen molar-refractivity contribution >= 4 is 0 Å². The van der Waals surface area contributed by atoms with Crippen molar-refractivity contribution in [2.24, 2.45) is 5.73 Å². The predicted molar refractivity (Wildman–Crippen MR) is 61.1 cm³/mol. The molecule has 0 aromatic carbocycles. The summed E-state index contributed by atoms with van der Waals surface area (Å²) in [6.45, 7) is 0.731. The van der Waals surface area contributed by atoms with E-state index in [-0.39, 0.29) is 0 Å². The van der Waals surface area contributed by atoms with Crippen LogP contribution in [0, 0.1) is 0 Å². The molecule has 0 fully saturated rings. The smallest absolute Gasteiger partial charge is 0.174 e. The molecule has 0 aliphatic rings. The van der Waals surface area contributed by atoms with E-state index in [4.69, 9.17) is 5.73 Å². The first-order valence-electron chi connectivity index (χ1n) is 5.43. The molecule has 2 aromatic heterocycles. The van der Waals surface area contributed by atoms with E-state index in [2.05, 4.69) is 15.2 Å². The van der Waals surface area contributed by atoms with E-state index in [0.29, 0.717) is 0 Å². The van der Waals surface area contributed by atoms with E-state index in [9.17, 15) is 0 Å². The summed E-state index contributed by atoms with van der Waals surface area (Å²) >= 11 is 0. The van der Waals surface area contributed by atoms with Crippen LogP contribution in [0.4, 0.5) is 0 Å². The van der Waals surface area contributed by atoms with Crippen LogP contribution < -0.4 is 5.73 Å². The summed E-state index contributed by atoms with van der Waals surface area (Å²) in [6.07, 6.45) is 6.51. The molecule has 0 aliphatic carbocycles. The van der Waals surface area contributed by atoms with Gasteiger partial charge in [-0.1, -0.05) is 6.07 Å². The second kappa shape index (κ2) is 5.37. The number of hydrogen-bond donors (Lipinski definition) is 1. The minimum Gasteiger partial charge on any atom is -0.330 e. The Labute approximate surface area is 94.3 Å². The molecule has 0 saturated heterocycles. The number of nitrogens with zero attached hydrogens (tertiary/aromatic N) is 4. The summed E-state index contributed by atoms with van der Waals surface area (Å²) in [6, 6.07) is 5.67. The maximum atomic E-state index is 5.44. The van der Waals surface area contributed by atoms with Gasteiger partial charge in [0.2, 0.25) is 0 Å². The molecule has 5 nitrogen and oxygen atoms in total. The van der Waals surface area contributed by atoms with Gasteiger partial charge in [0.15, 0.2) is 5.82 Å². The van der Waals surface area contributed by atoms with Crippen LogP contribution in [0.2, 0.25) is 0 Å². The molecule has 0 spiro atoms. The maximum Gasteiger partial charge on any atom is 0.174 e. The van der Waals surface area contributed by atoms with Gasteiger partial charge in [0, 0.05) is 6.20 Å². The van der Waals surface area contributed by atoms with Crippen LogP contribution in [0.25, 0.3) is 5.82 Å². The largest absolute Gasteiger partial charge is 0.330 e. The Kier molecular flexibility index (Phi) is 3.61. The van der Waals surface area contributed by atoms with E-state index in [1.54, 1.807) is 17.2 Å². The molecule has 0 atom stereocenters. The highest BCUT2D eigenvalue weighted by molar-refractivity contribution is 5.17. The van der Waals surface area contributed by atoms with Crippen LogP contribution in [-0.4, -0.2) is 26.5 Å². The van der Waals surface area contributed by atoms with Crippen LogP contribution in [0.15, 0.2) is 30.6 Å². The Morgan fingerprint density at radius 2 is 2.19 bits per heavy atom. The van der Waals surface area contributed by atoms with Gasteiger partial charge in [0.1, 0.15) is 0 Å². The van der Waals surface area contributed by atoms with Gasteiger partial charge in [-0.05, 0) is 37.9 Å². The van der Waals surface area contributed by atoms with Crippen LogP contribution in [0.5, 0.6) is 0 Å². The second-order valence-corrected chi connectivity index (χ2v) is 3.56. The van der Waals surface area contributed by atoms with Gasteiger partial charge >= 0.3 is 0 Å². The number of aromatic nitrogens is 4. The first-order chi connectivity index (χ1) is 7.90. The lowest BCUT2D eigenvalue weighted by molar-refractivity contribution is 0.692. The van der Waals surface area contributed by atoms with E-state index >= 15 is 0 Å². The predicted octanol–water partition coefficient (Wildman–Crippen LogP) is 0.944. The highest BCUT2D eigenvalue weighted by atomic mass is 15.5. The molecule has 0 aliphatic heterocycles. The lowest BCUT2D eigenvalue weighted by atomic mass is 10.2. The van der Waals surface area contributed by atoms with Gasteiger partial charge < -0.3 is 5.73 Å². The van der Waals surface area contributed by atoms with Crippen molar-refractivity contribution in [3.05, 3.63) is 36.3 Å². The topological polar surface area (TPSA) is 69.6 Å². The van der Waals surface area contributed by atoms with Crippen molar-refractivity contribution < 1.29 is 0 Å². The molecule has 0 bridgehead atoms. The molecule has 2 aromatic rings. The van der Waals surface area contributed by atoms with Gasteiger partial charge in [0.25, 0.3) is 0 Å². The van der Waals surface area contributed by atoms with Crippen LogP contribution in [0.1, 0.15) is 18.5 Å². The first-order valence-corrected chi connectivity index (χ1v) is 5.43. The fourth-order valence-corrected chi connectivity index (χ4v) is 1.44. The van der Waals surface area contributed by atoms with E-state index < -0.39 is 0 Å². The third-order valence-corrected chi connectivity index (χ3v) is 2.28. The molecule has 16 heavy (non-hydrogen) atoms. The maximum absolute atomic E-state index is 5.44. The molecule has 0 amide bonds. The molecular weight excluding hydrogens is 202 g/mol. The summed E-state index contributed by atoms with van der Waals surface area (Å²) in [7, 11) is 0. The number of hydrogen-bond acceptors (Lipinski definition) is 4. The Bertz CT molecular complexity index is 423. The van der Waals surface area contributed by atoms with Crippen LogP contribution >= 0.6 is 0 Å². The molecule has 0 saturated carbocycles. The Balaban J connectivity index is 2.02. The molecule has 2 rings (SSSR count). The summed E-state index contributed by atoms with van der Waals surface area (Å²) < 4.78 is 0. The van der Waals surface area contributed by atoms with E-state index in [0.717, 1.165) is 37.3 Å². The summed E-state index contributed by atoms with van der Waals surface area (Å²) in [5.74, 6) is 0.743. The van der Waals surface area contributed by atoms with Crippen molar-refractivity contribution in [2.75, 3.05) is 6.54 Å². The Morgan fingerprint density at radius 1 is 1.25 bits per heavy atom. The monoisotopic (exact) mass is 217 g/mol. The highest BCUT2D eigenvalue weighted by Crippen LogP contribution is 2.03. The zero-order valence-corrected chi connectivity index (χ0v) is 9.08. The number of rotatable bonds is 5. The average Bonchev–Trinajstić information content (AvgIpc) is 2.79. The van der Waals surface area contributed by atoms with Gasteiger partial charge in [-0.2, -0.15) is 10.2 Å². The summed E-state index contributed by atoms with van der Waals surface area (Å²) in [5, 5.41) is 8.53. The van der Waals surface area contributed by atoms with Crippen LogP contribution in [-0.2, 0) is 6.42 Å². The van der Waals surface area contributed by atoms with Crippen molar-refractivity contribution in [3.8, 4) is 5.82 Å². The summed E-state index contributed by atoms with van der Waals surface area (Å²) in [5.41, 5.74) is 6.42. The Morgan fingerprint density at radius 3 is 2.94 bits per heavy atom. The first kappa shape index (κ1) is 10.8. The van der Waals surface area contributed by atoms with Crippen molar-refractivity contribution in [1.29, 1.82) is 0 Å². The molecule has 5 heteroatoms. The van der Waals surface area contributed by atoms with Crippen molar-refractivity contribution in [3.63, 3.8) is 0 Å². The fraction of sp³-hybridized carbons (Fsp3) is 0.364. The molecular formula is C11H15N5. The second-order valence-electron chi connectivity index (χ2n) is 3.56. The standard InChI is InChI=1S/C11H15N5/c12-7-3-1-5-10-9-14-16(15-10)11-6-2-4-8-13-11/h2,4,6,8-9H,1,3,5,7,12H2. The molecule has 0 radical (unpaired) electrons. The lowest BCUT2D eigenvalue weighted by Crippen LogP contribution is -2.02. The summed E-state index contributed by atoms with van der Waals surface area (Å²) in [4.78, 5) is 5.73. The number of pyridine rings is 1. The number of unbranched alkanes of at least 4 members (excludes halogenated alkanes) is 1. The SMILES string of the molecule is NCCCCc1cnn(-c2ccccn2)n1. The normalized spacial score (nSPS) is 10.6. The van der Waals surface area contributed by atoms with Gasteiger partial charge in [-0.25, -0.2) is 4.98 Å². The van der Waals surface area contributed by atoms with Crippen molar-refractivity contribution in [1.82, 2.24) is 20.0 Å². The third-order valence-electron chi connectivity index (χ3n) is 2.28. The zero-order chi connectivity index (χ0) is 11.2. The number of nitrogens with two attached hydrogens (primary N) is 1. The van der Waals surface area contributed by atoms with Gasteiger partial charge in [0.05, 0.1) is 11.9 Å². The Hall–Kier alpha value is -1.75. The zero-order valence-electron chi connectivity index (χ0n) is 9.08. The fourth-order valence-electron chi connectivity index (χ4n) is 1.44. The van der Waals surface area contributed by atoms with Crippen molar-refractivity contribution in [2.45, 2.75) is 19.3 Å². The minimum atomic E-state index is 0.731. The molecule has 84 valence electrons. The van der Waals surface area contributed by atoms with E-state index in [1.807, 2.05) is 18.2 Å². The highest BCUT2D eigenvalue weighted by Gasteiger charge is 2.02. The molecule has 2 N–H and O–H groups in total. The molecule has 2 heterocycles. The van der Waals surface area contributed by atoms with Crippen LogP contribution in [0.3, 0.4) is 0 Å². The average molecular weight is 217 g/mol. The van der Waals surface area contributed by atoms with Gasteiger partial charge in [-0.3, -0.25) is 0 Å². The number of aryl methyl sites for hydroxylation is 1. The minimum absolute atomic E-state index is 0.731. The quantitative estimate of drug-likeness (QED) is 0.757. The molecule has 0 unspecified atom stereocenters.